The zero-order chi connectivity index (χ0) is 23.5. The first-order chi connectivity index (χ1) is 15.6. The molecule has 0 atom stereocenters. The molecule has 33 heavy (non-hydrogen) atoms. The van der Waals surface area contributed by atoms with Gasteiger partial charge in [-0.3, -0.25) is 14.9 Å². The summed E-state index contributed by atoms with van der Waals surface area (Å²) >= 11 is 2.72. The first kappa shape index (κ1) is 22.4. The van der Waals surface area contributed by atoms with Gasteiger partial charge in [0.2, 0.25) is 5.91 Å². The summed E-state index contributed by atoms with van der Waals surface area (Å²) in [6.45, 7) is 10.2. The van der Waals surface area contributed by atoms with Crippen LogP contribution in [0.15, 0.2) is 23.6 Å². The summed E-state index contributed by atoms with van der Waals surface area (Å²) in [6.07, 6.45) is 1.72. The first-order valence-corrected chi connectivity index (χ1v) is 12.9. The van der Waals surface area contributed by atoms with Gasteiger partial charge in [-0.2, -0.15) is 0 Å². The first-order valence-electron chi connectivity index (χ1n) is 11.2. The molecule has 3 heterocycles. The number of aromatic nitrogens is 2. The van der Waals surface area contributed by atoms with Gasteiger partial charge in [-0.25, -0.2) is 14.4 Å². The number of nitrogens with one attached hydrogen (secondary N) is 1. The molecule has 1 saturated carbocycles. The highest BCUT2D eigenvalue weighted by Crippen LogP contribution is 2.68. The van der Waals surface area contributed by atoms with Gasteiger partial charge in [0.1, 0.15) is 11.5 Å². The lowest BCUT2D eigenvalue weighted by atomic mass is 9.96. The minimum atomic E-state index is -0.328. The molecule has 174 valence electrons. The van der Waals surface area contributed by atoms with Crippen LogP contribution in [0.1, 0.15) is 62.0 Å². The number of rotatable bonds is 4. The van der Waals surface area contributed by atoms with Crippen LogP contribution in [0, 0.1) is 22.6 Å². The third kappa shape index (κ3) is 3.85. The molecule has 0 radical (unpaired) electrons. The molecule has 1 N–H and O–H groups in total. The van der Waals surface area contributed by atoms with Crippen molar-refractivity contribution in [2.45, 2.75) is 46.5 Å². The van der Waals surface area contributed by atoms with Crippen LogP contribution in [0.3, 0.4) is 0 Å². The number of hydrogen-bond acceptors (Lipinski definition) is 6. The predicted octanol–water partition coefficient (Wildman–Crippen LogP) is 5.53. The van der Waals surface area contributed by atoms with Crippen molar-refractivity contribution in [1.82, 2.24) is 14.9 Å². The Balaban J connectivity index is 1.19. The van der Waals surface area contributed by atoms with E-state index in [1.54, 1.807) is 11.4 Å². The number of carbonyl (C=O) groups is 2. The molecule has 5 rings (SSSR count). The molecule has 0 spiro atoms. The lowest BCUT2D eigenvalue weighted by molar-refractivity contribution is -0.134. The number of amides is 2. The lowest BCUT2D eigenvalue weighted by Crippen LogP contribution is -2.39. The monoisotopic (exact) mass is 486 g/mol. The third-order valence-electron chi connectivity index (χ3n) is 7.75. The van der Waals surface area contributed by atoms with E-state index in [-0.39, 0.29) is 40.3 Å². The van der Waals surface area contributed by atoms with Crippen molar-refractivity contribution < 1.29 is 14.0 Å². The molecule has 1 aromatic carbocycles. The molecule has 1 aliphatic carbocycles. The van der Waals surface area contributed by atoms with Crippen molar-refractivity contribution in [2.75, 3.05) is 18.4 Å². The second-order valence-electron chi connectivity index (χ2n) is 10.1. The largest absolute Gasteiger partial charge is 0.342 e. The van der Waals surface area contributed by atoms with Gasteiger partial charge in [-0.1, -0.05) is 39.0 Å². The van der Waals surface area contributed by atoms with Gasteiger partial charge in [0.15, 0.2) is 5.13 Å². The Labute approximate surface area is 200 Å². The second-order valence-corrected chi connectivity index (χ2v) is 12.1. The Bertz CT molecular complexity index is 1230. The maximum atomic E-state index is 13.4. The SMILES string of the molecule is CC1(C)C(C(=O)N2CCC(c3nc(C(=O)Nc4nc5ccc(F)cc5s4)cs3)CC2)C1(C)C. The zero-order valence-electron chi connectivity index (χ0n) is 19.1. The van der Waals surface area contributed by atoms with E-state index in [1.807, 2.05) is 4.90 Å². The van der Waals surface area contributed by atoms with E-state index in [9.17, 15) is 14.0 Å². The Morgan fingerprint density at radius 2 is 1.82 bits per heavy atom. The molecule has 0 bridgehead atoms. The van der Waals surface area contributed by atoms with E-state index in [4.69, 9.17) is 0 Å². The maximum Gasteiger partial charge on any atom is 0.276 e. The number of hydrogen-bond donors (Lipinski definition) is 1. The van der Waals surface area contributed by atoms with Crippen LogP contribution in [0.4, 0.5) is 9.52 Å². The van der Waals surface area contributed by atoms with Crippen LogP contribution >= 0.6 is 22.7 Å². The average molecular weight is 487 g/mol. The zero-order valence-corrected chi connectivity index (χ0v) is 20.8. The van der Waals surface area contributed by atoms with Crippen LogP contribution in [0.2, 0.25) is 0 Å². The molecule has 3 aromatic rings. The fourth-order valence-corrected chi connectivity index (χ4v) is 6.89. The van der Waals surface area contributed by atoms with Gasteiger partial charge in [-0.15, -0.1) is 11.3 Å². The summed E-state index contributed by atoms with van der Waals surface area (Å²) in [6, 6.07) is 4.36. The van der Waals surface area contributed by atoms with Gasteiger partial charge in [0.25, 0.3) is 5.91 Å². The lowest BCUT2D eigenvalue weighted by Gasteiger charge is -2.31. The van der Waals surface area contributed by atoms with Crippen molar-refractivity contribution in [1.29, 1.82) is 0 Å². The molecule has 2 fully saturated rings. The van der Waals surface area contributed by atoms with Crippen LogP contribution in [0.25, 0.3) is 10.2 Å². The molecule has 0 unspecified atom stereocenters. The molecule has 9 heteroatoms. The molecule has 2 amide bonds. The van der Waals surface area contributed by atoms with Gasteiger partial charge >= 0.3 is 0 Å². The van der Waals surface area contributed by atoms with E-state index in [0.717, 1.165) is 30.9 Å². The second kappa shape index (κ2) is 7.84. The number of piperidine rings is 1. The minimum Gasteiger partial charge on any atom is -0.342 e. The van der Waals surface area contributed by atoms with Crippen molar-refractivity contribution >= 4 is 49.8 Å². The summed E-state index contributed by atoms with van der Waals surface area (Å²) in [5, 5.41) is 5.91. The van der Waals surface area contributed by atoms with Crippen LogP contribution < -0.4 is 5.32 Å². The molecular weight excluding hydrogens is 459 g/mol. The van der Waals surface area contributed by atoms with Gasteiger partial charge in [0, 0.05) is 30.3 Å². The average Bonchev–Trinajstić information content (AvgIpc) is 3.22. The summed E-state index contributed by atoms with van der Waals surface area (Å²) < 4.78 is 14.1. The number of halogens is 1. The van der Waals surface area contributed by atoms with E-state index in [2.05, 4.69) is 43.0 Å². The highest BCUT2D eigenvalue weighted by atomic mass is 32.1. The Morgan fingerprint density at radius 3 is 2.48 bits per heavy atom. The molecule has 6 nitrogen and oxygen atoms in total. The minimum absolute atomic E-state index is 0.0515. The van der Waals surface area contributed by atoms with Crippen molar-refractivity contribution in [3.05, 3.63) is 40.1 Å². The molecule has 2 aromatic heterocycles. The van der Waals surface area contributed by atoms with Gasteiger partial charge in [0.05, 0.1) is 15.2 Å². The quantitative estimate of drug-likeness (QED) is 0.526. The Kier molecular flexibility index (Phi) is 5.32. The predicted molar refractivity (Wildman–Crippen MR) is 129 cm³/mol. The van der Waals surface area contributed by atoms with E-state index >= 15 is 0 Å². The van der Waals surface area contributed by atoms with Gasteiger partial charge in [-0.05, 0) is 41.9 Å². The van der Waals surface area contributed by atoms with E-state index in [1.165, 1.54) is 34.8 Å². The number of benzene rings is 1. The fourth-order valence-electron chi connectivity index (χ4n) is 5.04. The standard InChI is InChI=1S/C24H27FN4O2S2/c1-23(2)18(24(23,3)4)21(31)29-9-7-13(8-10-29)20-26-16(12-32-20)19(30)28-22-27-15-6-5-14(25)11-17(15)33-22/h5-6,11-13,18H,7-10H2,1-4H3,(H,27,28,30). The number of thiazole rings is 2. The summed E-state index contributed by atoms with van der Waals surface area (Å²) in [7, 11) is 0. The Morgan fingerprint density at radius 1 is 1.12 bits per heavy atom. The van der Waals surface area contributed by atoms with Crippen molar-refractivity contribution in [3.63, 3.8) is 0 Å². The number of nitrogens with zero attached hydrogens (tertiary/aromatic N) is 3. The number of carbonyl (C=O) groups excluding carboxylic acids is 2. The van der Waals surface area contributed by atoms with Crippen LogP contribution in [-0.4, -0.2) is 39.8 Å². The van der Waals surface area contributed by atoms with E-state index < -0.39 is 0 Å². The molecular formula is C24H27FN4O2S2. The fraction of sp³-hybridized carbons (Fsp3) is 0.500. The molecule has 1 saturated heterocycles. The summed E-state index contributed by atoms with van der Waals surface area (Å²) in [5.74, 6) is -0.0198. The number of likely N-dealkylation sites (tertiary alicyclic amines) is 1. The molecule has 2 aliphatic rings. The maximum absolute atomic E-state index is 13.4. The normalized spacial score (nSPS) is 20.2. The third-order valence-corrected chi connectivity index (χ3v) is 9.69. The van der Waals surface area contributed by atoms with Crippen LogP contribution in [0.5, 0.6) is 0 Å². The smallest absolute Gasteiger partial charge is 0.276 e. The summed E-state index contributed by atoms with van der Waals surface area (Å²) in [5.41, 5.74) is 1.11. The van der Waals surface area contributed by atoms with Gasteiger partial charge < -0.3 is 4.90 Å². The van der Waals surface area contributed by atoms with Crippen molar-refractivity contribution in [3.8, 4) is 0 Å². The van der Waals surface area contributed by atoms with Crippen molar-refractivity contribution in [2.24, 2.45) is 16.7 Å². The highest BCUT2D eigenvalue weighted by Gasteiger charge is 2.68. The number of fused-ring (bicyclic) bond motifs is 1. The number of anilines is 1. The topological polar surface area (TPSA) is 75.2 Å². The van der Waals surface area contributed by atoms with E-state index in [0.29, 0.717) is 21.0 Å². The van der Waals surface area contributed by atoms with Crippen LogP contribution in [-0.2, 0) is 4.79 Å². The summed E-state index contributed by atoms with van der Waals surface area (Å²) in [4.78, 5) is 36.6. The Hall–Kier alpha value is -2.39. The molecule has 1 aliphatic heterocycles. The highest BCUT2D eigenvalue weighted by molar-refractivity contribution is 7.22.